The molecule has 0 aliphatic carbocycles. The molecule has 0 saturated carbocycles. The topological polar surface area (TPSA) is 24.5 Å². The average molecular weight is 228 g/mol. The first-order chi connectivity index (χ1) is 7.76. The molecule has 96 valence electrons. The Bertz CT molecular complexity index is 175. The fourth-order valence-electron chi connectivity index (χ4n) is 2.51. The van der Waals surface area contributed by atoms with Crippen LogP contribution in [-0.2, 0) is 4.74 Å². The summed E-state index contributed by atoms with van der Waals surface area (Å²) in [5.41, 5.74) is 0.445. The summed E-state index contributed by atoms with van der Waals surface area (Å²) in [6.45, 7) is 14.3. The predicted molar refractivity (Wildman–Crippen MR) is 68.8 cm³/mol. The lowest BCUT2D eigenvalue weighted by molar-refractivity contribution is -0.00266. The minimum Gasteiger partial charge on any atom is -0.381 e. The Kier molecular flexibility index (Phi) is 6.32. The minimum absolute atomic E-state index is 0.445. The smallest absolute Gasteiger partial charge is 0.0472 e. The largest absolute Gasteiger partial charge is 0.381 e. The molecule has 1 heterocycles. The molecule has 1 rings (SSSR count). The van der Waals surface area contributed by atoms with Crippen molar-refractivity contribution in [3.63, 3.8) is 0 Å². The first kappa shape index (κ1) is 13.9. The second-order valence-electron chi connectivity index (χ2n) is 4.85. The first-order valence-electron chi connectivity index (χ1n) is 6.77. The average Bonchev–Trinajstić information content (AvgIpc) is 2.35. The van der Waals surface area contributed by atoms with E-state index in [0.29, 0.717) is 5.41 Å². The van der Waals surface area contributed by atoms with Gasteiger partial charge >= 0.3 is 0 Å². The van der Waals surface area contributed by atoms with E-state index in [-0.39, 0.29) is 0 Å². The van der Waals surface area contributed by atoms with Crippen LogP contribution in [0.15, 0.2) is 0 Å². The molecule has 0 aromatic heterocycles. The second kappa shape index (κ2) is 7.25. The molecule has 3 heteroatoms. The van der Waals surface area contributed by atoms with Gasteiger partial charge in [-0.2, -0.15) is 0 Å². The Morgan fingerprint density at radius 3 is 2.25 bits per heavy atom. The molecule has 0 spiro atoms. The Balaban J connectivity index is 2.54. The number of hydrogen-bond donors (Lipinski definition) is 1. The molecule has 0 unspecified atom stereocenters. The number of nitrogens with zero attached hydrogens (tertiary/aromatic N) is 1. The van der Waals surface area contributed by atoms with Crippen LogP contribution >= 0.6 is 0 Å². The van der Waals surface area contributed by atoms with E-state index in [9.17, 15) is 0 Å². The summed E-state index contributed by atoms with van der Waals surface area (Å²) in [5, 5.41) is 3.53. The number of nitrogens with one attached hydrogen (secondary N) is 1. The fraction of sp³-hybridized carbons (Fsp3) is 1.00. The summed E-state index contributed by atoms with van der Waals surface area (Å²) in [6.07, 6.45) is 2.41. The first-order valence-corrected chi connectivity index (χ1v) is 6.77. The van der Waals surface area contributed by atoms with Gasteiger partial charge in [0.2, 0.25) is 0 Å². The normalized spacial score (nSPS) is 20.2. The van der Waals surface area contributed by atoms with Gasteiger partial charge in [-0.15, -0.1) is 0 Å². The van der Waals surface area contributed by atoms with E-state index in [0.717, 1.165) is 39.4 Å². The Morgan fingerprint density at radius 1 is 1.12 bits per heavy atom. The van der Waals surface area contributed by atoms with Gasteiger partial charge in [0.1, 0.15) is 0 Å². The molecule has 0 amide bonds. The number of hydrogen-bond acceptors (Lipinski definition) is 3. The van der Waals surface area contributed by atoms with E-state index in [4.69, 9.17) is 4.74 Å². The van der Waals surface area contributed by atoms with Gasteiger partial charge < -0.3 is 15.0 Å². The van der Waals surface area contributed by atoms with Gasteiger partial charge in [0.15, 0.2) is 0 Å². The standard InChI is InChI=1S/C13H28N2O/c1-4-14-11-13(7-9-16-10-8-13)12-15(5-2)6-3/h14H,4-12H2,1-3H3. The molecule has 1 N–H and O–H groups in total. The van der Waals surface area contributed by atoms with E-state index >= 15 is 0 Å². The quantitative estimate of drug-likeness (QED) is 0.718. The van der Waals surface area contributed by atoms with Gasteiger partial charge in [-0.25, -0.2) is 0 Å². The van der Waals surface area contributed by atoms with Crippen LogP contribution in [0.5, 0.6) is 0 Å². The molecule has 16 heavy (non-hydrogen) atoms. The highest BCUT2D eigenvalue weighted by atomic mass is 16.5. The molecule has 0 bridgehead atoms. The van der Waals surface area contributed by atoms with Gasteiger partial charge in [0, 0.05) is 26.3 Å². The van der Waals surface area contributed by atoms with Crippen molar-refractivity contribution in [3.8, 4) is 0 Å². The zero-order chi connectivity index (χ0) is 11.9. The van der Waals surface area contributed by atoms with E-state index < -0.39 is 0 Å². The molecular formula is C13H28N2O. The molecule has 3 nitrogen and oxygen atoms in total. The van der Waals surface area contributed by atoms with Gasteiger partial charge in [-0.05, 0) is 37.9 Å². The molecule has 1 saturated heterocycles. The maximum absolute atomic E-state index is 5.51. The lowest BCUT2D eigenvalue weighted by Crippen LogP contribution is -2.47. The second-order valence-corrected chi connectivity index (χ2v) is 4.85. The molecular weight excluding hydrogens is 200 g/mol. The van der Waals surface area contributed by atoms with Crippen LogP contribution in [0.25, 0.3) is 0 Å². The third-order valence-electron chi connectivity index (χ3n) is 3.76. The molecule has 1 fully saturated rings. The molecule has 0 aromatic rings. The highest BCUT2D eigenvalue weighted by Gasteiger charge is 2.33. The maximum Gasteiger partial charge on any atom is 0.0472 e. The van der Waals surface area contributed by atoms with Crippen molar-refractivity contribution in [2.75, 3.05) is 45.9 Å². The van der Waals surface area contributed by atoms with Crippen LogP contribution in [0.4, 0.5) is 0 Å². The SMILES string of the molecule is CCNCC1(CN(CC)CC)CCOCC1. The summed E-state index contributed by atoms with van der Waals surface area (Å²) in [5.74, 6) is 0. The molecule has 0 atom stereocenters. The van der Waals surface area contributed by atoms with Crippen LogP contribution in [0.2, 0.25) is 0 Å². The van der Waals surface area contributed by atoms with Gasteiger partial charge in [-0.1, -0.05) is 20.8 Å². The van der Waals surface area contributed by atoms with Crippen LogP contribution in [-0.4, -0.2) is 50.8 Å². The summed E-state index contributed by atoms with van der Waals surface area (Å²) in [4.78, 5) is 2.54. The van der Waals surface area contributed by atoms with E-state index in [1.807, 2.05) is 0 Å². The van der Waals surface area contributed by atoms with Gasteiger partial charge in [0.25, 0.3) is 0 Å². The number of rotatable bonds is 7. The van der Waals surface area contributed by atoms with Crippen molar-refractivity contribution in [1.29, 1.82) is 0 Å². The summed E-state index contributed by atoms with van der Waals surface area (Å²) in [6, 6.07) is 0. The Labute approximate surface area is 101 Å². The highest BCUT2D eigenvalue weighted by molar-refractivity contribution is 4.86. The van der Waals surface area contributed by atoms with E-state index in [2.05, 4.69) is 31.0 Å². The fourth-order valence-corrected chi connectivity index (χ4v) is 2.51. The summed E-state index contributed by atoms with van der Waals surface area (Å²) < 4.78 is 5.51. The van der Waals surface area contributed by atoms with Gasteiger partial charge in [0.05, 0.1) is 0 Å². The lowest BCUT2D eigenvalue weighted by Gasteiger charge is -2.40. The van der Waals surface area contributed by atoms with Crippen molar-refractivity contribution in [2.45, 2.75) is 33.6 Å². The third-order valence-corrected chi connectivity index (χ3v) is 3.76. The molecule has 0 radical (unpaired) electrons. The van der Waals surface area contributed by atoms with Crippen molar-refractivity contribution >= 4 is 0 Å². The molecule has 0 aromatic carbocycles. The molecule has 1 aliphatic rings. The van der Waals surface area contributed by atoms with Crippen molar-refractivity contribution in [3.05, 3.63) is 0 Å². The van der Waals surface area contributed by atoms with Crippen molar-refractivity contribution in [2.24, 2.45) is 5.41 Å². The van der Waals surface area contributed by atoms with Crippen molar-refractivity contribution in [1.82, 2.24) is 10.2 Å². The van der Waals surface area contributed by atoms with Gasteiger partial charge in [-0.3, -0.25) is 0 Å². The lowest BCUT2D eigenvalue weighted by atomic mass is 9.79. The summed E-state index contributed by atoms with van der Waals surface area (Å²) >= 11 is 0. The Hall–Kier alpha value is -0.120. The Morgan fingerprint density at radius 2 is 1.75 bits per heavy atom. The molecule has 1 aliphatic heterocycles. The predicted octanol–water partition coefficient (Wildman–Crippen LogP) is 1.73. The maximum atomic E-state index is 5.51. The minimum atomic E-state index is 0.445. The zero-order valence-electron chi connectivity index (χ0n) is 11.2. The third kappa shape index (κ3) is 4.04. The van der Waals surface area contributed by atoms with Crippen LogP contribution in [0.1, 0.15) is 33.6 Å². The van der Waals surface area contributed by atoms with E-state index in [1.54, 1.807) is 0 Å². The van der Waals surface area contributed by atoms with Crippen molar-refractivity contribution < 1.29 is 4.74 Å². The monoisotopic (exact) mass is 228 g/mol. The number of ether oxygens (including phenoxy) is 1. The highest BCUT2D eigenvalue weighted by Crippen LogP contribution is 2.30. The van der Waals surface area contributed by atoms with Crippen LogP contribution in [0.3, 0.4) is 0 Å². The van der Waals surface area contributed by atoms with Crippen LogP contribution < -0.4 is 5.32 Å². The summed E-state index contributed by atoms with van der Waals surface area (Å²) in [7, 11) is 0. The van der Waals surface area contributed by atoms with E-state index in [1.165, 1.54) is 19.4 Å². The zero-order valence-corrected chi connectivity index (χ0v) is 11.2. The van der Waals surface area contributed by atoms with Crippen LogP contribution in [0, 0.1) is 5.41 Å².